The summed E-state index contributed by atoms with van der Waals surface area (Å²) in [5.41, 5.74) is 0. The normalized spacial score (nSPS) is 29.8. The summed E-state index contributed by atoms with van der Waals surface area (Å²) in [5.74, 6) is 0. The van der Waals surface area contributed by atoms with Gasteiger partial charge in [0.05, 0.1) is 12.8 Å². The highest BCUT2D eigenvalue weighted by Crippen LogP contribution is 2.34. The summed E-state index contributed by atoms with van der Waals surface area (Å²) in [6.45, 7) is 2.50. The van der Waals surface area contributed by atoms with Gasteiger partial charge >= 0.3 is 0 Å². The maximum atomic E-state index is 11.7. The maximum Gasteiger partial charge on any atom is 0.211 e. The molecule has 3 heterocycles. The zero-order valence-electron chi connectivity index (χ0n) is 10.3. The molecule has 0 unspecified atom stereocenters. The van der Waals surface area contributed by atoms with Gasteiger partial charge < -0.3 is 0 Å². The summed E-state index contributed by atoms with van der Waals surface area (Å²) in [5, 5.41) is 3.11. The van der Waals surface area contributed by atoms with Crippen LogP contribution in [0.25, 0.3) is 0 Å². The number of rotatable bonds is 3. The third-order valence-corrected chi connectivity index (χ3v) is 5.96. The molecule has 3 rings (SSSR count). The van der Waals surface area contributed by atoms with E-state index < -0.39 is 10.0 Å². The monoisotopic (exact) mass is 287 g/mol. The van der Waals surface area contributed by atoms with Crippen LogP contribution in [0.1, 0.15) is 17.8 Å². The molecule has 2 saturated heterocycles. The van der Waals surface area contributed by atoms with Crippen molar-refractivity contribution in [2.24, 2.45) is 0 Å². The van der Waals surface area contributed by atoms with Crippen LogP contribution in [0.15, 0.2) is 11.6 Å². The third kappa shape index (κ3) is 2.20. The van der Waals surface area contributed by atoms with Crippen molar-refractivity contribution in [3.63, 3.8) is 0 Å². The molecule has 0 amide bonds. The standard InChI is InChI=1S/C11H17N3O2S2/c1-18(15,16)14-6-3-9-10(14)2-5-13(9)8-11-12-4-7-17-11/h4,7,9-10H,2-3,5-6,8H2,1H3/t9-,10+/m0/s1. The minimum Gasteiger partial charge on any atom is -0.292 e. The molecule has 5 nitrogen and oxygen atoms in total. The lowest BCUT2D eigenvalue weighted by molar-refractivity contribution is 0.240. The topological polar surface area (TPSA) is 53.5 Å². The second-order valence-electron chi connectivity index (χ2n) is 4.98. The minimum absolute atomic E-state index is 0.181. The highest BCUT2D eigenvalue weighted by Gasteiger charge is 2.45. The van der Waals surface area contributed by atoms with Gasteiger partial charge in [-0.25, -0.2) is 13.4 Å². The van der Waals surface area contributed by atoms with Gasteiger partial charge in [-0.3, -0.25) is 4.90 Å². The van der Waals surface area contributed by atoms with Crippen LogP contribution in [-0.2, 0) is 16.6 Å². The van der Waals surface area contributed by atoms with Crippen LogP contribution >= 0.6 is 11.3 Å². The molecule has 0 N–H and O–H groups in total. The molecule has 2 atom stereocenters. The Kier molecular flexibility index (Phi) is 3.17. The first-order valence-corrected chi connectivity index (χ1v) is 8.88. The molecule has 0 radical (unpaired) electrons. The molecule has 0 saturated carbocycles. The first kappa shape index (κ1) is 12.5. The minimum atomic E-state index is -3.05. The summed E-state index contributed by atoms with van der Waals surface area (Å²) in [6.07, 6.45) is 5.04. The Morgan fingerprint density at radius 2 is 2.17 bits per heavy atom. The van der Waals surface area contributed by atoms with E-state index in [1.54, 1.807) is 15.6 Å². The Bertz CT molecular complexity index is 514. The summed E-state index contributed by atoms with van der Waals surface area (Å²) in [6, 6.07) is 0.559. The molecule has 2 aliphatic heterocycles. The number of thiazole rings is 1. The number of hydrogen-bond donors (Lipinski definition) is 0. The van der Waals surface area contributed by atoms with Crippen LogP contribution in [0.4, 0.5) is 0 Å². The Morgan fingerprint density at radius 3 is 2.83 bits per heavy atom. The first-order valence-electron chi connectivity index (χ1n) is 6.15. The zero-order valence-corrected chi connectivity index (χ0v) is 12.0. The largest absolute Gasteiger partial charge is 0.292 e. The van der Waals surface area contributed by atoms with Crippen LogP contribution in [-0.4, -0.2) is 54.0 Å². The second-order valence-corrected chi connectivity index (χ2v) is 7.90. The van der Waals surface area contributed by atoms with E-state index in [0.717, 1.165) is 30.9 Å². The number of aromatic nitrogens is 1. The SMILES string of the molecule is CS(=O)(=O)N1CC[C@H]2[C@H]1CCN2Cc1nccs1. The van der Waals surface area contributed by atoms with Gasteiger partial charge in [-0.05, 0) is 12.8 Å². The third-order valence-electron chi connectivity index (χ3n) is 3.89. The molecular weight excluding hydrogens is 270 g/mol. The number of likely N-dealkylation sites (tertiary alicyclic amines) is 1. The quantitative estimate of drug-likeness (QED) is 0.823. The molecule has 0 aliphatic carbocycles. The lowest BCUT2D eigenvalue weighted by atomic mass is 10.1. The van der Waals surface area contributed by atoms with Crippen LogP contribution < -0.4 is 0 Å². The van der Waals surface area contributed by atoms with Crippen LogP contribution in [0, 0.1) is 0 Å². The van der Waals surface area contributed by atoms with Crippen LogP contribution in [0.3, 0.4) is 0 Å². The first-order chi connectivity index (χ1) is 8.55. The Balaban J connectivity index is 1.72. The van der Waals surface area contributed by atoms with Crippen molar-refractivity contribution in [1.29, 1.82) is 0 Å². The number of sulfonamides is 1. The fourth-order valence-corrected chi connectivity index (χ4v) is 4.96. The smallest absolute Gasteiger partial charge is 0.211 e. The van der Waals surface area contributed by atoms with Gasteiger partial charge in [-0.15, -0.1) is 11.3 Å². The van der Waals surface area contributed by atoms with Crippen molar-refractivity contribution >= 4 is 21.4 Å². The van der Waals surface area contributed by atoms with E-state index in [1.807, 2.05) is 11.6 Å². The van der Waals surface area contributed by atoms with Crippen molar-refractivity contribution < 1.29 is 8.42 Å². The second kappa shape index (κ2) is 4.56. The van der Waals surface area contributed by atoms with E-state index in [2.05, 4.69) is 9.88 Å². The fraction of sp³-hybridized carbons (Fsp3) is 0.727. The zero-order chi connectivity index (χ0) is 12.8. The summed E-state index contributed by atoms with van der Waals surface area (Å²) in [7, 11) is -3.05. The van der Waals surface area contributed by atoms with Crippen molar-refractivity contribution in [1.82, 2.24) is 14.2 Å². The lowest BCUT2D eigenvalue weighted by Crippen LogP contribution is -2.38. The number of nitrogens with zero attached hydrogens (tertiary/aromatic N) is 3. The number of fused-ring (bicyclic) bond motifs is 1. The molecule has 100 valence electrons. The summed E-state index contributed by atoms with van der Waals surface area (Å²) < 4.78 is 25.1. The Labute approximate surface area is 111 Å². The molecule has 1 aromatic rings. The fourth-order valence-electron chi connectivity index (χ4n) is 3.15. The molecule has 0 spiro atoms. The predicted molar refractivity (Wildman–Crippen MR) is 70.9 cm³/mol. The maximum absolute atomic E-state index is 11.7. The van der Waals surface area contributed by atoms with Gasteiger partial charge in [0.15, 0.2) is 0 Å². The Hall–Kier alpha value is -0.500. The van der Waals surface area contributed by atoms with Crippen molar-refractivity contribution in [3.05, 3.63) is 16.6 Å². The highest BCUT2D eigenvalue weighted by atomic mass is 32.2. The van der Waals surface area contributed by atoms with E-state index in [0.29, 0.717) is 12.6 Å². The van der Waals surface area contributed by atoms with Gasteiger partial charge in [-0.2, -0.15) is 4.31 Å². The van der Waals surface area contributed by atoms with Gasteiger partial charge in [-0.1, -0.05) is 0 Å². The molecule has 0 bridgehead atoms. The summed E-state index contributed by atoms with van der Waals surface area (Å²) in [4.78, 5) is 6.69. The van der Waals surface area contributed by atoms with Gasteiger partial charge in [0, 0.05) is 36.8 Å². The molecular formula is C11H17N3O2S2. The molecule has 1 aromatic heterocycles. The van der Waals surface area contributed by atoms with Crippen LogP contribution in [0.5, 0.6) is 0 Å². The van der Waals surface area contributed by atoms with E-state index >= 15 is 0 Å². The average Bonchev–Trinajstić information content (AvgIpc) is 2.95. The molecule has 7 heteroatoms. The van der Waals surface area contributed by atoms with E-state index in [4.69, 9.17) is 0 Å². The molecule has 2 aliphatic rings. The molecule has 2 fully saturated rings. The lowest BCUT2D eigenvalue weighted by Gasteiger charge is -2.23. The van der Waals surface area contributed by atoms with Crippen molar-refractivity contribution in [2.45, 2.75) is 31.5 Å². The van der Waals surface area contributed by atoms with Crippen LogP contribution in [0.2, 0.25) is 0 Å². The van der Waals surface area contributed by atoms with E-state index in [-0.39, 0.29) is 6.04 Å². The Morgan fingerprint density at radius 1 is 1.39 bits per heavy atom. The number of hydrogen-bond acceptors (Lipinski definition) is 5. The van der Waals surface area contributed by atoms with Gasteiger partial charge in [0.2, 0.25) is 10.0 Å². The van der Waals surface area contributed by atoms with Crippen molar-refractivity contribution in [2.75, 3.05) is 19.3 Å². The van der Waals surface area contributed by atoms with E-state index in [9.17, 15) is 8.42 Å². The van der Waals surface area contributed by atoms with Crippen molar-refractivity contribution in [3.8, 4) is 0 Å². The predicted octanol–water partition coefficient (Wildman–Crippen LogP) is 0.751. The summed E-state index contributed by atoms with van der Waals surface area (Å²) >= 11 is 1.67. The molecule has 0 aromatic carbocycles. The van der Waals surface area contributed by atoms with Gasteiger partial charge in [0.1, 0.15) is 5.01 Å². The van der Waals surface area contributed by atoms with Gasteiger partial charge in [0.25, 0.3) is 0 Å². The molecule has 18 heavy (non-hydrogen) atoms. The van der Waals surface area contributed by atoms with E-state index in [1.165, 1.54) is 6.26 Å². The highest BCUT2D eigenvalue weighted by molar-refractivity contribution is 7.88. The average molecular weight is 287 g/mol.